The Hall–Kier alpha value is -4.66. The lowest BCUT2D eigenvalue weighted by Gasteiger charge is -2.11. The summed E-state index contributed by atoms with van der Waals surface area (Å²) in [5, 5.41) is 3.56. The van der Waals surface area contributed by atoms with Gasteiger partial charge in [-0.3, -0.25) is 9.36 Å². The van der Waals surface area contributed by atoms with Crippen molar-refractivity contribution in [2.24, 2.45) is 14.1 Å². The molecule has 5 aromatic rings. The standard InChI is InChI=1S/C25H23N7O2/c1-13(2)24(33)29-16-8-5-14(6-9-16)21-19(20-22(26)27-12-28-23(20)32(21)4)15-7-10-17-18(11-15)31(3)25(34)30-17/h5-12H,1H2,2-4H3,(H,29,33)(H,30,34)(H2,26,27,28). The molecule has 0 fully saturated rings. The molecule has 9 heteroatoms. The van der Waals surface area contributed by atoms with Crippen molar-refractivity contribution >= 4 is 39.5 Å². The number of fused-ring (bicyclic) bond motifs is 2. The molecular formula is C25H23N7O2. The minimum absolute atomic E-state index is 0.180. The van der Waals surface area contributed by atoms with Gasteiger partial charge in [0.2, 0.25) is 0 Å². The van der Waals surface area contributed by atoms with E-state index >= 15 is 0 Å². The highest BCUT2D eigenvalue weighted by atomic mass is 16.2. The highest BCUT2D eigenvalue weighted by Crippen LogP contribution is 2.42. The van der Waals surface area contributed by atoms with Gasteiger partial charge in [-0.2, -0.15) is 0 Å². The summed E-state index contributed by atoms with van der Waals surface area (Å²) in [7, 11) is 3.65. The third-order valence-corrected chi connectivity index (χ3v) is 5.99. The Balaban J connectivity index is 1.74. The molecule has 0 atom stereocenters. The van der Waals surface area contributed by atoms with Gasteiger partial charge in [0.25, 0.3) is 5.91 Å². The topological polar surface area (TPSA) is 124 Å². The van der Waals surface area contributed by atoms with Crippen molar-refractivity contribution in [1.29, 1.82) is 0 Å². The van der Waals surface area contributed by atoms with E-state index in [0.29, 0.717) is 22.7 Å². The number of nitrogens with two attached hydrogens (primary N) is 1. The van der Waals surface area contributed by atoms with E-state index in [4.69, 9.17) is 5.73 Å². The van der Waals surface area contributed by atoms with Crippen molar-refractivity contribution in [2.75, 3.05) is 11.1 Å². The summed E-state index contributed by atoms with van der Waals surface area (Å²) >= 11 is 0. The zero-order valence-corrected chi connectivity index (χ0v) is 19.0. The first-order valence-electron chi connectivity index (χ1n) is 10.6. The van der Waals surface area contributed by atoms with E-state index in [1.165, 1.54) is 6.33 Å². The number of anilines is 2. The minimum Gasteiger partial charge on any atom is -0.383 e. The average molecular weight is 454 g/mol. The van der Waals surface area contributed by atoms with Crippen LogP contribution in [0.1, 0.15) is 6.92 Å². The van der Waals surface area contributed by atoms with Crippen LogP contribution in [0.4, 0.5) is 11.5 Å². The molecule has 0 unspecified atom stereocenters. The zero-order valence-electron chi connectivity index (χ0n) is 19.0. The Bertz CT molecular complexity index is 1670. The Morgan fingerprint density at radius 1 is 1.06 bits per heavy atom. The zero-order chi connectivity index (χ0) is 24.1. The van der Waals surface area contributed by atoms with Gasteiger partial charge in [-0.1, -0.05) is 24.8 Å². The molecule has 0 aliphatic rings. The number of aromatic amines is 1. The quantitative estimate of drug-likeness (QED) is 0.359. The van der Waals surface area contributed by atoms with Gasteiger partial charge < -0.3 is 20.6 Å². The molecule has 34 heavy (non-hydrogen) atoms. The molecule has 4 N–H and O–H groups in total. The van der Waals surface area contributed by atoms with Gasteiger partial charge in [0.15, 0.2) is 0 Å². The number of nitrogens with one attached hydrogen (secondary N) is 2. The van der Waals surface area contributed by atoms with E-state index in [-0.39, 0.29) is 11.6 Å². The second kappa shape index (κ2) is 7.73. The molecule has 0 radical (unpaired) electrons. The van der Waals surface area contributed by atoms with Crippen LogP contribution in [0.3, 0.4) is 0 Å². The molecule has 0 aliphatic carbocycles. The second-order valence-electron chi connectivity index (χ2n) is 8.27. The van der Waals surface area contributed by atoms with Crippen LogP contribution < -0.4 is 16.7 Å². The van der Waals surface area contributed by atoms with Crippen LogP contribution in [0.15, 0.2) is 65.7 Å². The highest BCUT2D eigenvalue weighted by molar-refractivity contribution is 6.09. The van der Waals surface area contributed by atoms with Crippen molar-refractivity contribution in [1.82, 2.24) is 24.1 Å². The van der Waals surface area contributed by atoms with Gasteiger partial charge in [0.1, 0.15) is 17.8 Å². The number of aromatic nitrogens is 5. The first kappa shape index (κ1) is 21.2. The van der Waals surface area contributed by atoms with Crippen LogP contribution in [0.2, 0.25) is 0 Å². The number of H-pyrrole nitrogens is 1. The summed E-state index contributed by atoms with van der Waals surface area (Å²) in [6.07, 6.45) is 1.44. The fourth-order valence-electron chi connectivity index (χ4n) is 4.22. The number of imidazole rings is 1. The molecule has 0 aliphatic heterocycles. The summed E-state index contributed by atoms with van der Waals surface area (Å²) in [6.45, 7) is 5.33. The maximum Gasteiger partial charge on any atom is 0.326 e. The molecule has 170 valence electrons. The van der Waals surface area contributed by atoms with Gasteiger partial charge >= 0.3 is 5.69 Å². The van der Waals surface area contributed by atoms with Crippen molar-refractivity contribution in [3.05, 3.63) is 71.4 Å². The highest BCUT2D eigenvalue weighted by Gasteiger charge is 2.22. The normalized spacial score (nSPS) is 11.3. The number of hydrogen-bond donors (Lipinski definition) is 3. The van der Waals surface area contributed by atoms with Crippen molar-refractivity contribution < 1.29 is 4.79 Å². The smallest absolute Gasteiger partial charge is 0.326 e. The predicted molar refractivity (Wildman–Crippen MR) is 134 cm³/mol. The maximum absolute atomic E-state index is 12.1. The minimum atomic E-state index is -0.230. The largest absolute Gasteiger partial charge is 0.383 e. The van der Waals surface area contributed by atoms with E-state index in [1.807, 2.05) is 54.1 Å². The van der Waals surface area contributed by atoms with Crippen LogP contribution in [0, 0.1) is 0 Å². The Morgan fingerprint density at radius 2 is 1.76 bits per heavy atom. The van der Waals surface area contributed by atoms with Gasteiger partial charge in [0, 0.05) is 30.9 Å². The van der Waals surface area contributed by atoms with Crippen molar-refractivity contribution in [3.63, 3.8) is 0 Å². The van der Waals surface area contributed by atoms with Crippen LogP contribution >= 0.6 is 0 Å². The molecule has 9 nitrogen and oxygen atoms in total. The van der Waals surface area contributed by atoms with Crippen LogP contribution in [0.25, 0.3) is 44.5 Å². The van der Waals surface area contributed by atoms with Crippen molar-refractivity contribution in [2.45, 2.75) is 6.92 Å². The van der Waals surface area contributed by atoms with Gasteiger partial charge in [-0.15, -0.1) is 0 Å². The number of nitrogens with zero attached hydrogens (tertiary/aromatic N) is 4. The van der Waals surface area contributed by atoms with E-state index in [1.54, 1.807) is 18.5 Å². The maximum atomic E-state index is 12.1. The predicted octanol–water partition coefficient (Wildman–Crippen LogP) is 3.58. The van der Waals surface area contributed by atoms with E-state index < -0.39 is 0 Å². The Labute approximate surface area is 194 Å². The lowest BCUT2D eigenvalue weighted by atomic mass is 9.98. The second-order valence-corrected chi connectivity index (χ2v) is 8.27. The molecule has 3 aromatic heterocycles. The third kappa shape index (κ3) is 3.25. The third-order valence-electron chi connectivity index (χ3n) is 5.99. The number of amides is 1. The summed E-state index contributed by atoms with van der Waals surface area (Å²) < 4.78 is 3.55. The number of benzene rings is 2. The van der Waals surface area contributed by atoms with Crippen molar-refractivity contribution in [3.8, 4) is 22.4 Å². The summed E-state index contributed by atoms with van der Waals surface area (Å²) in [6, 6.07) is 13.3. The average Bonchev–Trinajstić information content (AvgIpc) is 3.28. The number of hydrogen-bond acceptors (Lipinski definition) is 5. The van der Waals surface area contributed by atoms with Gasteiger partial charge in [-0.25, -0.2) is 14.8 Å². The van der Waals surface area contributed by atoms with Crippen LogP contribution in [-0.4, -0.2) is 30.0 Å². The summed E-state index contributed by atoms with van der Waals surface area (Å²) in [5.74, 6) is 0.141. The lowest BCUT2D eigenvalue weighted by molar-refractivity contribution is -0.112. The molecule has 0 spiro atoms. The Kier molecular flexibility index (Phi) is 4.82. The summed E-state index contributed by atoms with van der Waals surface area (Å²) in [5.41, 5.74) is 13.0. The molecule has 0 saturated carbocycles. The van der Waals surface area contributed by atoms with E-state index in [2.05, 4.69) is 26.8 Å². The SMILES string of the molecule is C=C(C)C(=O)Nc1ccc(-c2c(-c3ccc4[nH]c(=O)n(C)c4c3)c3c(N)ncnc3n2C)cc1. The van der Waals surface area contributed by atoms with Crippen LogP contribution in [0.5, 0.6) is 0 Å². The summed E-state index contributed by atoms with van der Waals surface area (Å²) in [4.78, 5) is 35.7. The number of nitrogen functional groups attached to an aromatic ring is 1. The molecule has 0 bridgehead atoms. The number of rotatable bonds is 4. The van der Waals surface area contributed by atoms with Gasteiger partial charge in [0.05, 0.1) is 22.1 Å². The van der Waals surface area contributed by atoms with Gasteiger partial charge in [-0.05, 0) is 42.3 Å². The fourth-order valence-corrected chi connectivity index (χ4v) is 4.22. The molecule has 5 rings (SSSR count). The molecule has 1 amide bonds. The first-order chi connectivity index (χ1) is 16.3. The molecular weight excluding hydrogens is 430 g/mol. The molecule has 0 saturated heterocycles. The number of carbonyl (C=O) groups is 1. The van der Waals surface area contributed by atoms with Crippen LogP contribution in [-0.2, 0) is 18.9 Å². The first-order valence-corrected chi connectivity index (χ1v) is 10.6. The monoisotopic (exact) mass is 453 g/mol. The molecule has 2 aromatic carbocycles. The lowest BCUT2D eigenvalue weighted by Crippen LogP contribution is -2.11. The number of carbonyl (C=O) groups excluding carboxylic acids is 1. The van der Waals surface area contributed by atoms with E-state index in [0.717, 1.165) is 38.8 Å². The fraction of sp³-hybridized carbons (Fsp3) is 0.120. The van der Waals surface area contributed by atoms with E-state index in [9.17, 15) is 9.59 Å². The molecule has 3 heterocycles. The Morgan fingerprint density at radius 3 is 2.47 bits per heavy atom. The number of aryl methyl sites for hydroxylation is 2.